The van der Waals surface area contributed by atoms with Gasteiger partial charge in [0.05, 0.1) is 0 Å². The molecular formula is C11H15N3. The third-order valence-electron chi connectivity index (χ3n) is 2.40. The summed E-state index contributed by atoms with van der Waals surface area (Å²) in [6, 6.07) is 10.3. The lowest BCUT2D eigenvalue weighted by molar-refractivity contribution is 0.383. The van der Waals surface area contributed by atoms with Crippen molar-refractivity contribution in [3.63, 3.8) is 0 Å². The van der Waals surface area contributed by atoms with Crippen LogP contribution >= 0.6 is 0 Å². The van der Waals surface area contributed by atoms with Crippen molar-refractivity contribution < 1.29 is 0 Å². The lowest BCUT2D eigenvalue weighted by Gasteiger charge is -2.26. The fourth-order valence-corrected chi connectivity index (χ4v) is 1.63. The minimum absolute atomic E-state index is 0.681. The number of nitrogens with zero attached hydrogens (tertiary/aromatic N) is 2. The van der Waals surface area contributed by atoms with Crippen molar-refractivity contribution in [3.8, 4) is 0 Å². The van der Waals surface area contributed by atoms with Gasteiger partial charge in [-0.3, -0.25) is 4.99 Å². The van der Waals surface area contributed by atoms with Crippen molar-refractivity contribution in [2.45, 2.75) is 13.0 Å². The summed E-state index contributed by atoms with van der Waals surface area (Å²) in [4.78, 5) is 6.35. The predicted octanol–water partition coefficient (Wildman–Crippen LogP) is 1.21. The van der Waals surface area contributed by atoms with Gasteiger partial charge < -0.3 is 10.6 Å². The molecule has 0 spiro atoms. The van der Waals surface area contributed by atoms with Gasteiger partial charge in [0.1, 0.15) is 0 Å². The van der Waals surface area contributed by atoms with Gasteiger partial charge in [-0.15, -0.1) is 0 Å². The van der Waals surface area contributed by atoms with Crippen LogP contribution in [0.5, 0.6) is 0 Å². The molecule has 0 saturated carbocycles. The number of rotatable bonds is 2. The molecule has 0 aliphatic carbocycles. The van der Waals surface area contributed by atoms with Crippen molar-refractivity contribution >= 4 is 5.96 Å². The molecule has 0 amide bonds. The summed E-state index contributed by atoms with van der Waals surface area (Å²) >= 11 is 0. The second kappa shape index (κ2) is 4.13. The Hall–Kier alpha value is -1.51. The van der Waals surface area contributed by atoms with Gasteiger partial charge in [-0.1, -0.05) is 30.3 Å². The monoisotopic (exact) mass is 189 g/mol. The maximum atomic E-state index is 5.80. The van der Waals surface area contributed by atoms with Crippen LogP contribution in [0.4, 0.5) is 0 Å². The Morgan fingerprint density at radius 3 is 2.79 bits per heavy atom. The van der Waals surface area contributed by atoms with Crippen LogP contribution in [0.3, 0.4) is 0 Å². The number of hydrogen-bond acceptors (Lipinski definition) is 3. The van der Waals surface area contributed by atoms with Crippen molar-refractivity contribution in [2.75, 3.05) is 13.1 Å². The summed E-state index contributed by atoms with van der Waals surface area (Å²) in [6.07, 6.45) is 1.10. The van der Waals surface area contributed by atoms with Crippen molar-refractivity contribution in [1.29, 1.82) is 0 Å². The zero-order valence-corrected chi connectivity index (χ0v) is 8.19. The van der Waals surface area contributed by atoms with Crippen LogP contribution in [0, 0.1) is 0 Å². The molecule has 1 aliphatic rings. The molecule has 1 aromatic carbocycles. The van der Waals surface area contributed by atoms with Gasteiger partial charge in [0.25, 0.3) is 0 Å². The highest BCUT2D eigenvalue weighted by Crippen LogP contribution is 2.07. The van der Waals surface area contributed by atoms with E-state index in [1.165, 1.54) is 5.56 Å². The molecule has 1 aromatic rings. The zero-order valence-electron chi connectivity index (χ0n) is 8.19. The quantitative estimate of drug-likeness (QED) is 0.759. The molecule has 0 bridgehead atoms. The molecule has 0 radical (unpaired) electrons. The summed E-state index contributed by atoms with van der Waals surface area (Å²) < 4.78 is 0. The number of guanidine groups is 1. The second-order valence-corrected chi connectivity index (χ2v) is 3.50. The van der Waals surface area contributed by atoms with Gasteiger partial charge in [0, 0.05) is 19.6 Å². The molecule has 74 valence electrons. The maximum absolute atomic E-state index is 5.80. The van der Waals surface area contributed by atoms with Crippen LogP contribution in [-0.4, -0.2) is 23.9 Å². The smallest absolute Gasteiger partial charge is 0.191 e. The average molecular weight is 189 g/mol. The van der Waals surface area contributed by atoms with E-state index in [9.17, 15) is 0 Å². The first-order valence-electron chi connectivity index (χ1n) is 4.95. The topological polar surface area (TPSA) is 41.6 Å². The van der Waals surface area contributed by atoms with Gasteiger partial charge in [-0.2, -0.15) is 0 Å². The Kier molecular flexibility index (Phi) is 2.68. The van der Waals surface area contributed by atoms with Crippen molar-refractivity contribution in [2.24, 2.45) is 10.7 Å². The van der Waals surface area contributed by atoms with Crippen LogP contribution in [0.2, 0.25) is 0 Å². The molecule has 0 fully saturated rings. The lowest BCUT2D eigenvalue weighted by atomic mass is 10.2. The minimum atomic E-state index is 0.681. The first-order chi connectivity index (χ1) is 6.86. The highest BCUT2D eigenvalue weighted by atomic mass is 15.3. The summed E-state index contributed by atoms with van der Waals surface area (Å²) in [5, 5.41) is 0. The van der Waals surface area contributed by atoms with Crippen LogP contribution in [0.1, 0.15) is 12.0 Å². The minimum Gasteiger partial charge on any atom is -0.370 e. The molecule has 14 heavy (non-hydrogen) atoms. The number of nitrogens with two attached hydrogens (primary N) is 1. The standard InChI is InChI=1S/C11H15N3/c12-11-13-7-4-8-14(11)9-10-5-2-1-3-6-10/h1-3,5-6H,4,7-9H2,(H2,12,13). The SMILES string of the molecule is NC1=NCCCN1Cc1ccccc1. The number of hydrogen-bond donors (Lipinski definition) is 1. The van der Waals surface area contributed by atoms with E-state index in [0.29, 0.717) is 5.96 Å². The van der Waals surface area contributed by atoms with Crippen LogP contribution in [0.25, 0.3) is 0 Å². The van der Waals surface area contributed by atoms with E-state index in [4.69, 9.17) is 5.73 Å². The van der Waals surface area contributed by atoms with Gasteiger partial charge in [-0.05, 0) is 12.0 Å². The predicted molar refractivity (Wildman–Crippen MR) is 58.0 cm³/mol. The van der Waals surface area contributed by atoms with E-state index >= 15 is 0 Å². The largest absolute Gasteiger partial charge is 0.370 e. The lowest BCUT2D eigenvalue weighted by Crippen LogP contribution is -2.40. The van der Waals surface area contributed by atoms with Crippen LogP contribution in [0.15, 0.2) is 35.3 Å². The van der Waals surface area contributed by atoms with Crippen LogP contribution < -0.4 is 5.73 Å². The highest BCUT2D eigenvalue weighted by molar-refractivity contribution is 5.78. The molecule has 3 heteroatoms. The molecule has 3 nitrogen and oxygen atoms in total. The van der Waals surface area contributed by atoms with E-state index < -0.39 is 0 Å². The third kappa shape index (κ3) is 2.05. The summed E-state index contributed by atoms with van der Waals surface area (Å²) in [5.41, 5.74) is 7.09. The third-order valence-corrected chi connectivity index (χ3v) is 2.40. The van der Waals surface area contributed by atoms with Crippen molar-refractivity contribution in [3.05, 3.63) is 35.9 Å². The number of benzene rings is 1. The second-order valence-electron chi connectivity index (χ2n) is 3.50. The first kappa shape index (κ1) is 9.06. The summed E-state index contributed by atoms with van der Waals surface area (Å²) in [7, 11) is 0. The summed E-state index contributed by atoms with van der Waals surface area (Å²) in [6.45, 7) is 2.76. The van der Waals surface area contributed by atoms with Crippen molar-refractivity contribution in [1.82, 2.24) is 4.90 Å². The fraction of sp³-hybridized carbons (Fsp3) is 0.364. The van der Waals surface area contributed by atoms with Crippen LogP contribution in [-0.2, 0) is 6.54 Å². The van der Waals surface area contributed by atoms with Gasteiger partial charge in [0.15, 0.2) is 5.96 Å². The van der Waals surface area contributed by atoms with E-state index in [1.54, 1.807) is 0 Å². The van der Waals surface area contributed by atoms with Gasteiger partial charge >= 0.3 is 0 Å². The Labute approximate surface area is 84.2 Å². The molecule has 1 aliphatic heterocycles. The van der Waals surface area contributed by atoms with E-state index in [1.807, 2.05) is 18.2 Å². The molecule has 0 atom stereocenters. The van der Waals surface area contributed by atoms with E-state index in [2.05, 4.69) is 22.0 Å². The molecule has 2 rings (SSSR count). The summed E-state index contributed by atoms with van der Waals surface area (Å²) in [5.74, 6) is 0.681. The Bertz CT molecular complexity index is 319. The first-order valence-corrected chi connectivity index (χ1v) is 4.95. The van der Waals surface area contributed by atoms with Gasteiger partial charge in [0.2, 0.25) is 0 Å². The fourth-order valence-electron chi connectivity index (χ4n) is 1.63. The molecular weight excluding hydrogens is 174 g/mol. The molecule has 0 aromatic heterocycles. The average Bonchev–Trinajstić information content (AvgIpc) is 2.23. The Balaban J connectivity index is 2.04. The zero-order chi connectivity index (χ0) is 9.80. The Morgan fingerprint density at radius 2 is 2.07 bits per heavy atom. The molecule has 2 N–H and O–H groups in total. The maximum Gasteiger partial charge on any atom is 0.191 e. The molecule has 0 unspecified atom stereocenters. The normalized spacial score (nSPS) is 16.6. The molecule has 0 saturated heterocycles. The Morgan fingerprint density at radius 1 is 1.29 bits per heavy atom. The highest BCUT2D eigenvalue weighted by Gasteiger charge is 2.11. The number of aliphatic imine (C=N–C) groups is 1. The van der Waals surface area contributed by atoms with E-state index in [-0.39, 0.29) is 0 Å². The molecule has 1 heterocycles. The van der Waals surface area contributed by atoms with Gasteiger partial charge in [-0.25, -0.2) is 0 Å². The van der Waals surface area contributed by atoms with E-state index in [0.717, 1.165) is 26.1 Å².